The maximum absolute atomic E-state index is 4.65. The highest BCUT2D eigenvalue weighted by molar-refractivity contribution is 6.27. The fourth-order valence-electron chi connectivity index (χ4n) is 5.91. The van der Waals surface area contributed by atoms with Crippen molar-refractivity contribution >= 4 is 54.1 Å². The van der Waals surface area contributed by atoms with Crippen LogP contribution in [0, 0.1) is 0 Å². The molecule has 0 N–H and O–H groups in total. The summed E-state index contributed by atoms with van der Waals surface area (Å²) in [5, 5.41) is 10.2. The van der Waals surface area contributed by atoms with E-state index in [0.29, 0.717) is 0 Å². The van der Waals surface area contributed by atoms with Crippen LogP contribution in [0.25, 0.3) is 71.1 Å². The molecule has 0 bridgehead atoms. The van der Waals surface area contributed by atoms with Gasteiger partial charge in [-0.3, -0.25) is 4.98 Å². The van der Waals surface area contributed by atoms with Gasteiger partial charge in [-0.05, 0) is 57.3 Å². The molecule has 2 heterocycles. The molecule has 0 saturated carbocycles. The number of pyridine rings is 1. The monoisotopic (exact) mass is 444 g/mol. The van der Waals surface area contributed by atoms with Gasteiger partial charge < -0.3 is 4.57 Å². The summed E-state index contributed by atoms with van der Waals surface area (Å²) < 4.78 is 2.43. The van der Waals surface area contributed by atoms with Crippen molar-refractivity contribution in [1.29, 1.82) is 0 Å². The summed E-state index contributed by atoms with van der Waals surface area (Å²) >= 11 is 0. The highest BCUT2D eigenvalue weighted by Crippen LogP contribution is 2.42. The van der Waals surface area contributed by atoms with Crippen molar-refractivity contribution < 1.29 is 0 Å². The molecule has 0 amide bonds. The van der Waals surface area contributed by atoms with Gasteiger partial charge in [-0.2, -0.15) is 0 Å². The fraction of sp³-hybridized carbons (Fsp3) is 0. The first kappa shape index (κ1) is 18.7. The normalized spacial score (nSPS) is 12.0. The Hall–Kier alpha value is -4.69. The van der Waals surface area contributed by atoms with Gasteiger partial charge >= 0.3 is 0 Å². The number of fused-ring (bicyclic) bond motifs is 3. The molecular formula is C33H20N2. The maximum atomic E-state index is 4.65. The summed E-state index contributed by atoms with van der Waals surface area (Å²) in [7, 11) is 0. The molecule has 0 radical (unpaired) electrons. The van der Waals surface area contributed by atoms with Crippen molar-refractivity contribution in [3.63, 3.8) is 0 Å². The van der Waals surface area contributed by atoms with Crippen LogP contribution in [0.4, 0.5) is 0 Å². The van der Waals surface area contributed by atoms with E-state index in [-0.39, 0.29) is 0 Å². The molecule has 0 saturated heterocycles. The molecule has 2 aromatic heterocycles. The Bertz CT molecular complexity index is 1990. The van der Waals surface area contributed by atoms with Crippen LogP contribution in [0.2, 0.25) is 0 Å². The minimum absolute atomic E-state index is 1.01. The predicted molar refractivity (Wildman–Crippen MR) is 148 cm³/mol. The lowest BCUT2D eigenvalue weighted by atomic mass is 9.90. The molecular weight excluding hydrogens is 424 g/mol. The van der Waals surface area contributed by atoms with Crippen molar-refractivity contribution in [2.45, 2.75) is 0 Å². The van der Waals surface area contributed by atoms with Crippen LogP contribution in [0.15, 0.2) is 121 Å². The molecule has 0 atom stereocenters. The standard InChI is InChI=1S/C33H20N2/c1-3-10-29-24(7-1)25-8-2-4-11-30(25)35(29)31-19-15-22-13-17-26-23(28-9-5-6-20-34-28)16-12-21-14-18-27(31)33(22)32(21)26/h1-20H. The topological polar surface area (TPSA) is 17.8 Å². The van der Waals surface area contributed by atoms with Crippen molar-refractivity contribution in [2.75, 3.05) is 0 Å². The first-order chi connectivity index (χ1) is 17.4. The van der Waals surface area contributed by atoms with Gasteiger partial charge in [0, 0.05) is 27.9 Å². The zero-order chi connectivity index (χ0) is 22.9. The molecule has 35 heavy (non-hydrogen) atoms. The van der Waals surface area contributed by atoms with Crippen molar-refractivity contribution in [3.8, 4) is 16.9 Å². The highest BCUT2D eigenvalue weighted by Gasteiger charge is 2.17. The summed E-state index contributed by atoms with van der Waals surface area (Å²) in [6.45, 7) is 0. The lowest BCUT2D eigenvalue weighted by molar-refractivity contribution is 1.20. The average Bonchev–Trinajstić information content (AvgIpc) is 3.26. The third-order valence-electron chi connectivity index (χ3n) is 7.40. The van der Waals surface area contributed by atoms with Gasteiger partial charge in [-0.15, -0.1) is 0 Å². The van der Waals surface area contributed by atoms with Crippen LogP contribution < -0.4 is 0 Å². The highest BCUT2D eigenvalue weighted by atomic mass is 15.0. The molecule has 0 aliphatic carbocycles. The van der Waals surface area contributed by atoms with Crippen LogP contribution in [0.1, 0.15) is 0 Å². The predicted octanol–water partition coefficient (Wildman–Crippen LogP) is 8.74. The Kier molecular flexibility index (Phi) is 3.69. The van der Waals surface area contributed by atoms with Crippen molar-refractivity contribution in [2.24, 2.45) is 0 Å². The minimum Gasteiger partial charge on any atom is -0.309 e. The van der Waals surface area contributed by atoms with Crippen LogP contribution >= 0.6 is 0 Å². The number of benzene rings is 6. The van der Waals surface area contributed by atoms with Crippen LogP contribution in [-0.4, -0.2) is 9.55 Å². The molecule has 0 aliphatic rings. The second-order valence-corrected chi connectivity index (χ2v) is 9.20. The van der Waals surface area contributed by atoms with Crippen LogP contribution in [0.3, 0.4) is 0 Å². The van der Waals surface area contributed by atoms with Gasteiger partial charge in [0.05, 0.1) is 22.4 Å². The molecule has 2 nitrogen and oxygen atoms in total. The quantitative estimate of drug-likeness (QED) is 0.244. The minimum atomic E-state index is 1.01. The maximum Gasteiger partial charge on any atom is 0.0708 e. The molecule has 0 fully saturated rings. The van der Waals surface area contributed by atoms with Crippen LogP contribution in [-0.2, 0) is 0 Å². The van der Waals surface area contributed by atoms with E-state index in [1.807, 2.05) is 12.3 Å². The molecule has 6 aromatic carbocycles. The molecule has 8 aromatic rings. The Labute approximate surface area is 202 Å². The zero-order valence-electron chi connectivity index (χ0n) is 18.9. The number of para-hydroxylation sites is 2. The second-order valence-electron chi connectivity index (χ2n) is 9.20. The summed E-state index contributed by atoms with van der Waals surface area (Å²) in [6.07, 6.45) is 1.87. The largest absolute Gasteiger partial charge is 0.309 e. The number of hydrogen-bond donors (Lipinski definition) is 0. The number of nitrogens with zero attached hydrogens (tertiary/aromatic N) is 2. The third-order valence-corrected chi connectivity index (χ3v) is 7.40. The fourth-order valence-corrected chi connectivity index (χ4v) is 5.91. The number of hydrogen-bond acceptors (Lipinski definition) is 1. The van der Waals surface area contributed by atoms with E-state index in [1.54, 1.807) is 0 Å². The molecule has 0 spiro atoms. The van der Waals surface area contributed by atoms with E-state index in [9.17, 15) is 0 Å². The lowest BCUT2D eigenvalue weighted by Gasteiger charge is -2.17. The smallest absolute Gasteiger partial charge is 0.0708 e. The molecule has 8 rings (SSSR count). The third kappa shape index (κ3) is 2.51. The van der Waals surface area contributed by atoms with E-state index in [4.69, 9.17) is 0 Å². The lowest BCUT2D eigenvalue weighted by Crippen LogP contribution is -1.96. The summed E-state index contributed by atoms with van der Waals surface area (Å²) in [5.74, 6) is 0. The summed E-state index contributed by atoms with van der Waals surface area (Å²) in [4.78, 5) is 4.65. The van der Waals surface area contributed by atoms with E-state index in [0.717, 1.165) is 5.69 Å². The molecule has 0 aliphatic heterocycles. The van der Waals surface area contributed by atoms with E-state index in [1.165, 1.54) is 65.4 Å². The Morgan fingerprint density at radius 3 is 1.77 bits per heavy atom. The second kappa shape index (κ2) is 6.91. The number of aromatic nitrogens is 2. The van der Waals surface area contributed by atoms with Gasteiger partial charge in [-0.25, -0.2) is 0 Å². The van der Waals surface area contributed by atoms with Gasteiger partial charge in [0.15, 0.2) is 0 Å². The van der Waals surface area contributed by atoms with Gasteiger partial charge in [0.2, 0.25) is 0 Å². The van der Waals surface area contributed by atoms with Crippen molar-refractivity contribution in [1.82, 2.24) is 9.55 Å². The first-order valence-electron chi connectivity index (χ1n) is 12.0. The Balaban J connectivity index is 1.54. The van der Waals surface area contributed by atoms with Gasteiger partial charge in [0.1, 0.15) is 0 Å². The zero-order valence-corrected chi connectivity index (χ0v) is 18.9. The summed E-state index contributed by atoms with van der Waals surface area (Å²) in [6, 6.07) is 41.6. The van der Waals surface area contributed by atoms with Gasteiger partial charge in [-0.1, -0.05) is 84.9 Å². The Morgan fingerprint density at radius 2 is 1.06 bits per heavy atom. The molecule has 0 unspecified atom stereocenters. The SMILES string of the molecule is c1ccc(-c2ccc3ccc4c(-n5c6ccccc6c6ccccc65)ccc5ccc2c3c54)nc1. The van der Waals surface area contributed by atoms with Gasteiger partial charge in [0.25, 0.3) is 0 Å². The summed E-state index contributed by atoms with van der Waals surface area (Å²) in [5.41, 5.74) is 5.87. The van der Waals surface area contributed by atoms with E-state index >= 15 is 0 Å². The molecule has 162 valence electrons. The molecule has 2 heteroatoms. The van der Waals surface area contributed by atoms with Crippen LogP contribution in [0.5, 0.6) is 0 Å². The van der Waals surface area contributed by atoms with Crippen molar-refractivity contribution in [3.05, 3.63) is 121 Å². The van der Waals surface area contributed by atoms with E-state index < -0.39 is 0 Å². The average molecular weight is 445 g/mol. The Morgan fingerprint density at radius 1 is 0.457 bits per heavy atom. The first-order valence-corrected chi connectivity index (χ1v) is 12.0. The number of rotatable bonds is 2. The van der Waals surface area contributed by atoms with E-state index in [2.05, 4.69) is 119 Å².